The van der Waals surface area contributed by atoms with E-state index < -0.39 is 28.1 Å². The number of hydrogen-bond donors (Lipinski definition) is 3. The molecule has 2 aromatic rings. The van der Waals surface area contributed by atoms with Gasteiger partial charge < -0.3 is 14.9 Å². The lowest BCUT2D eigenvalue weighted by Gasteiger charge is -2.01. The molecule has 2 rings (SSSR count). The molecule has 17 heavy (non-hydrogen) atoms. The van der Waals surface area contributed by atoms with Gasteiger partial charge in [-0.1, -0.05) is 0 Å². The maximum Gasteiger partial charge on any atom is 0.440 e. The SMILES string of the molecule is CNc1c(O)c(=O)c1=O.Cn1oc(=O)[nH]c1=O. The van der Waals surface area contributed by atoms with Gasteiger partial charge in [-0.15, -0.1) is 0 Å². The Morgan fingerprint density at radius 3 is 2.00 bits per heavy atom. The number of hydrogen-bond acceptors (Lipinski definition) is 7. The molecule has 0 unspecified atom stereocenters. The third-order valence-electron chi connectivity index (χ3n) is 1.85. The van der Waals surface area contributed by atoms with E-state index in [1.807, 2.05) is 4.98 Å². The molecule has 0 radical (unpaired) electrons. The highest BCUT2D eigenvalue weighted by atomic mass is 16.5. The molecule has 0 saturated heterocycles. The zero-order chi connectivity index (χ0) is 13.2. The molecule has 1 aromatic heterocycles. The number of H-pyrrole nitrogens is 1. The van der Waals surface area contributed by atoms with E-state index in [1.54, 1.807) is 0 Å². The van der Waals surface area contributed by atoms with Gasteiger partial charge in [-0.05, 0) is 0 Å². The number of anilines is 1. The molecule has 0 spiro atoms. The number of aryl methyl sites for hydroxylation is 1. The molecule has 3 N–H and O–H groups in total. The first kappa shape index (κ1) is 12.5. The van der Waals surface area contributed by atoms with E-state index >= 15 is 0 Å². The fraction of sp³-hybridized carbons (Fsp3) is 0.250. The number of aromatic hydroxyl groups is 1. The molecular formula is C8H9N3O6. The molecule has 9 heteroatoms. The molecular weight excluding hydrogens is 234 g/mol. The van der Waals surface area contributed by atoms with E-state index in [0.717, 1.165) is 4.74 Å². The molecule has 0 aliphatic rings. The van der Waals surface area contributed by atoms with Gasteiger partial charge >= 0.3 is 11.4 Å². The van der Waals surface area contributed by atoms with Crippen molar-refractivity contribution in [1.82, 2.24) is 9.72 Å². The second-order valence-corrected chi connectivity index (χ2v) is 2.94. The Morgan fingerprint density at radius 1 is 1.24 bits per heavy atom. The summed E-state index contributed by atoms with van der Waals surface area (Å²) in [5.74, 6) is -1.18. The van der Waals surface area contributed by atoms with Crippen molar-refractivity contribution in [3.63, 3.8) is 0 Å². The Bertz CT molecular complexity index is 696. The normalized spacial score (nSPS) is 9.76. The number of nitrogens with one attached hydrogen (secondary N) is 2. The smallest absolute Gasteiger partial charge is 0.440 e. The topological polar surface area (TPSA) is 134 Å². The Hall–Kier alpha value is -2.58. The Kier molecular flexibility index (Phi) is 3.31. The first-order chi connectivity index (χ1) is 7.88. The van der Waals surface area contributed by atoms with Crippen LogP contribution in [-0.4, -0.2) is 21.9 Å². The van der Waals surface area contributed by atoms with Gasteiger partial charge in [0.25, 0.3) is 10.9 Å². The second kappa shape index (κ2) is 4.51. The van der Waals surface area contributed by atoms with Crippen LogP contribution >= 0.6 is 0 Å². The van der Waals surface area contributed by atoms with Gasteiger partial charge in [0, 0.05) is 7.05 Å². The number of aromatic nitrogens is 2. The highest BCUT2D eigenvalue weighted by Crippen LogP contribution is 2.12. The Labute approximate surface area is 92.6 Å². The van der Waals surface area contributed by atoms with Crippen LogP contribution in [0.15, 0.2) is 23.7 Å². The summed E-state index contributed by atoms with van der Waals surface area (Å²) >= 11 is 0. The molecule has 0 bridgehead atoms. The van der Waals surface area contributed by atoms with E-state index in [-0.39, 0.29) is 5.69 Å². The predicted octanol–water partition coefficient (Wildman–Crippen LogP) is -2.30. The van der Waals surface area contributed by atoms with Crippen molar-refractivity contribution in [2.24, 2.45) is 7.05 Å². The van der Waals surface area contributed by atoms with Crippen molar-refractivity contribution in [3.05, 3.63) is 41.5 Å². The van der Waals surface area contributed by atoms with Crippen LogP contribution in [0.5, 0.6) is 5.75 Å². The van der Waals surface area contributed by atoms with E-state index in [9.17, 15) is 19.2 Å². The lowest BCUT2D eigenvalue weighted by Crippen LogP contribution is -2.32. The monoisotopic (exact) mass is 243 g/mol. The third kappa shape index (κ3) is 2.33. The van der Waals surface area contributed by atoms with Crippen LogP contribution < -0.4 is 27.6 Å². The first-order valence-electron chi connectivity index (χ1n) is 4.35. The van der Waals surface area contributed by atoms with Crippen LogP contribution in [-0.2, 0) is 7.05 Å². The number of aromatic amines is 1. The van der Waals surface area contributed by atoms with Crippen molar-refractivity contribution < 1.29 is 9.63 Å². The minimum atomic E-state index is -0.806. The van der Waals surface area contributed by atoms with Crippen molar-refractivity contribution in [2.45, 2.75) is 0 Å². The molecule has 0 atom stereocenters. The van der Waals surface area contributed by atoms with Gasteiger partial charge in [-0.2, -0.15) is 4.74 Å². The van der Waals surface area contributed by atoms with Gasteiger partial charge in [-0.3, -0.25) is 9.59 Å². The standard InChI is InChI=1S/C5H5NO3.C3H4N2O3/c1-6-2-3(7)5(9)4(2)8;1-5-2(6)4-3(7)8-5/h6-7H,1H3;1H3,(H,4,6,7). The summed E-state index contributed by atoms with van der Waals surface area (Å²) in [7, 11) is 2.82. The summed E-state index contributed by atoms with van der Waals surface area (Å²) in [6.45, 7) is 0. The summed E-state index contributed by atoms with van der Waals surface area (Å²) in [4.78, 5) is 42.8. The summed E-state index contributed by atoms with van der Waals surface area (Å²) in [5.41, 5.74) is -1.97. The Balaban J connectivity index is 0.000000171. The van der Waals surface area contributed by atoms with Crippen molar-refractivity contribution in [3.8, 4) is 5.75 Å². The maximum atomic E-state index is 10.4. The summed E-state index contributed by atoms with van der Waals surface area (Å²) in [6, 6.07) is 0. The quantitative estimate of drug-likeness (QED) is 0.479. The molecule has 9 nitrogen and oxygen atoms in total. The van der Waals surface area contributed by atoms with Crippen molar-refractivity contribution >= 4 is 5.69 Å². The van der Waals surface area contributed by atoms with E-state index in [0.29, 0.717) is 0 Å². The lowest BCUT2D eigenvalue weighted by molar-refractivity contribution is 0.277. The minimum absolute atomic E-state index is 0.0139. The van der Waals surface area contributed by atoms with E-state index in [2.05, 4.69) is 9.84 Å². The van der Waals surface area contributed by atoms with Crippen LogP contribution in [0, 0.1) is 0 Å². The van der Waals surface area contributed by atoms with E-state index in [4.69, 9.17) is 5.11 Å². The van der Waals surface area contributed by atoms with Crippen LogP contribution in [0.1, 0.15) is 0 Å². The maximum absolute atomic E-state index is 10.4. The van der Waals surface area contributed by atoms with Gasteiger partial charge in [0.05, 0.1) is 7.05 Å². The molecule has 0 aliphatic heterocycles. The largest absolute Gasteiger partial charge is 0.502 e. The molecule has 1 aromatic carbocycles. The molecule has 92 valence electrons. The van der Waals surface area contributed by atoms with Gasteiger partial charge in [-0.25, -0.2) is 14.6 Å². The predicted molar refractivity (Wildman–Crippen MR) is 57.1 cm³/mol. The zero-order valence-corrected chi connectivity index (χ0v) is 8.94. The Morgan fingerprint density at radius 2 is 1.82 bits per heavy atom. The highest BCUT2D eigenvalue weighted by molar-refractivity contribution is 5.60. The fourth-order valence-electron chi connectivity index (χ4n) is 0.966. The third-order valence-corrected chi connectivity index (χ3v) is 1.85. The van der Waals surface area contributed by atoms with Gasteiger partial charge in [0.1, 0.15) is 5.69 Å². The summed E-state index contributed by atoms with van der Waals surface area (Å²) in [5, 5.41) is 11.0. The fourth-order valence-corrected chi connectivity index (χ4v) is 0.966. The second-order valence-electron chi connectivity index (χ2n) is 2.94. The average molecular weight is 243 g/mol. The van der Waals surface area contributed by atoms with Crippen LogP contribution in [0.2, 0.25) is 0 Å². The minimum Gasteiger partial charge on any atom is -0.502 e. The van der Waals surface area contributed by atoms with Crippen molar-refractivity contribution in [1.29, 1.82) is 0 Å². The van der Waals surface area contributed by atoms with Crippen LogP contribution in [0.4, 0.5) is 5.69 Å². The lowest BCUT2D eigenvalue weighted by atomic mass is 10.2. The average Bonchev–Trinajstić information content (AvgIpc) is 2.57. The molecule has 1 heterocycles. The molecule has 0 aliphatic carbocycles. The van der Waals surface area contributed by atoms with Crippen LogP contribution in [0.25, 0.3) is 0 Å². The van der Waals surface area contributed by atoms with E-state index in [1.165, 1.54) is 14.1 Å². The molecule has 0 fully saturated rings. The van der Waals surface area contributed by atoms with Crippen LogP contribution in [0.3, 0.4) is 0 Å². The molecule has 0 saturated carbocycles. The van der Waals surface area contributed by atoms with Gasteiger partial charge in [0.2, 0.25) is 0 Å². The first-order valence-corrected chi connectivity index (χ1v) is 4.35. The summed E-state index contributed by atoms with van der Waals surface area (Å²) in [6.07, 6.45) is 0. The summed E-state index contributed by atoms with van der Waals surface area (Å²) < 4.78 is 5.03. The highest BCUT2D eigenvalue weighted by Gasteiger charge is 2.17. The number of rotatable bonds is 1. The number of nitrogens with zero attached hydrogens (tertiary/aromatic N) is 1. The zero-order valence-electron chi connectivity index (χ0n) is 8.94. The molecule has 0 amide bonds. The van der Waals surface area contributed by atoms with Gasteiger partial charge in [0.15, 0.2) is 5.75 Å². The van der Waals surface area contributed by atoms with Crippen molar-refractivity contribution in [2.75, 3.05) is 12.4 Å².